The molecule has 0 aliphatic rings. The van der Waals surface area contributed by atoms with E-state index in [2.05, 4.69) is 43.5 Å². The van der Waals surface area contributed by atoms with Crippen LogP contribution < -0.4 is 10.6 Å². The van der Waals surface area contributed by atoms with Gasteiger partial charge in [-0.15, -0.1) is 0 Å². The molecule has 0 aliphatic carbocycles. The van der Waals surface area contributed by atoms with Crippen LogP contribution in [0.4, 0.5) is 11.5 Å². The largest absolute Gasteiger partial charge is 0.370 e. The molecule has 128 valence electrons. The van der Waals surface area contributed by atoms with Crippen LogP contribution in [0.5, 0.6) is 0 Å². The quantitative estimate of drug-likeness (QED) is 0.671. The van der Waals surface area contributed by atoms with Crippen LogP contribution in [-0.2, 0) is 0 Å². The summed E-state index contributed by atoms with van der Waals surface area (Å²) in [5.41, 5.74) is 2.20. The monoisotopic (exact) mass is 390 g/mol. The summed E-state index contributed by atoms with van der Waals surface area (Å²) in [5, 5.41) is 6.14. The molecule has 24 heavy (non-hydrogen) atoms. The number of nitrogens with zero attached hydrogens (tertiary/aromatic N) is 2. The fourth-order valence-electron chi connectivity index (χ4n) is 2.27. The van der Waals surface area contributed by atoms with E-state index < -0.39 is 0 Å². The molecular formula is C18H23BrN4O. The lowest BCUT2D eigenvalue weighted by Gasteiger charge is -2.10. The van der Waals surface area contributed by atoms with Gasteiger partial charge in [-0.3, -0.25) is 4.79 Å². The molecule has 5 nitrogen and oxygen atoms in total. The molecule has 6 heteroatoms. The highest BCUT2D eigenvalue weighted by Crippen LogP contribution is 2.24. The molecule has 0 spiro atoms. The number of nitrogens with one attached hydrogen (secondary N) is 2. The van der Waals surface area contributed by atoms with Gasteiger partial charge in [-0.25, -0.2) is 9.97 Å². The third-order valence-electron chi connectivity index (χ3n) is 3.53. The molecule has 0 saturated carbocycles. The molecule has 1 amide bonds. The van der Waals surface area contributed by atoms with E-state index in [0.29, 0.717) is 17.3 Å². The van der Waals surface area contributed by atoms with Crippen molar-refractivity contribution < 1.29 is 4.79 Å². The standard InChI is InChI=1S/C18H23BrN4O/c1-4-5-6-9-20-17-11-16(21-13(3)22-17)18(24)23-15-8-7-12(2)10-14(15)19/h7-8,10-11H,4-6,9H2,1-3H3,(H,23,24)(H,20,21,22). The predicted octanol–water partition coefficient (Wildman–Crippen LogP) is 4.71. The molecule has 1 heterocycles. The van der Waals surface area contributed by atoms with Crippen LogP contribution in [-0.4, -0.2) is 22.4 Å². The second-order valence-electron chi connectivity index (χ2n) is 5.76. The predicted molar refractivity (Wildman–Crippen MR) is 102 cm³/mol. The number of carbonyl (C=O) groups is 1. The van der Waals surface area contributed by atoms with Gasteiger partial charge in [-0.2, -0.15) is 0 Å². The van der Waals surface area contributed by atoms with Gasteiger partial charge in [0.05, 0.1) is 5.69 Å². The van der Waals surface area contributed by atoms with E-state index in [1.807, 2.05) is 25.1 Å². The van der Waals surface area contributed by atoms with Gasteiger partial charge in [-0.05, 0) is 53.9 Å². The first kappa shape index (κ1) is 18.4. The van der Waals surface area contributed by atoms with Crippen molar-refractivity contribution in [1.82, 2.24) is 9.97 Å². The number of hydrogen-bond acceptors (Lipinski definition) is 4. The van der Waals surface area contributed by atoms with Crippen molar-refractivity contribution in [1.29, 1.82) is 0 Å². The number of hydrogen-bond donors (Lipinski definition) is 2. The normalized spacial score (nSPS) is 10.5. The molecule has 1 aromatic heterocycles. The van der Waals surface area contributed by atoms with Crippen molar-refractivity contribution in [2.75, 3.05) is 17.2 Å². The third kappa shape index (κ3) is 5.30. The molecule has 0 fully saturated rings. The van der Waals surface area contributed by atoms with Gasteiger partial charge < -0.3 is 10.6 Å². The fraction of sp³-hybridized carbons (Fsp3) is 0.389. The van der Waals surface area contributed by atoms with Crippen LogP contribution in [0.15, 0.2) is 28.7 Å². The second kappa shape index (κ2) is 8.78. The summed E-state index contributed by atoms with van der Waals surface area (Å²) >= 11 is 3.47. The smallest absolute Gasteiger partial charge is 0.274 e. The minimum atomic E-state index is -0.248. The molecule has 0 saturated heterocycles. The summed E-state index contributed by atoms with van der Waals surface area (Å²) in [6.07, 6.45) is 3.42. The molecule has 0 atom stereocenters. The maximum absolute atomic E-state index is 12.5. The number of carbonyl (C=O) groups excluding carboxylic acids is 1. The van der Waals surface area contributed by atoms with Crippen molar-refractivity contribution >= 4 is 33.3 Å². The summed E-state index contributed by atoms with van der Waals surface area (Å²) in [5.74, 6) is 1.01. The van der Waals surface area contributed by atoms with Crippen LogP contribution in [0.1, 0.15) is 48.1 Å². The highest BCUT2D eigenvalue weighted by Gasteiger charge is 2.12. The average molecular weight is 391 g/mol. The Bertz CT molecular complexity index is 718. The summed E-state index contributed by atoms with van der Waals surface area (Å²) in [4.78, 5) is 21.1. The van der Waals surface area contributed by atoms with Gasteiger partial charge in [0, 0.05) is 17.1 Å². The van der Waals surface area contributed by atoms with E-state index >= 15 is 0 Å². The van der Waals surface area contributed by atoms with E-state index in [9.17, 15) is 4.79 Å². The fourth-order valence-corrected chi connectivity index (χ4v) is 2.87. The summed E-state index contributed by atoms with van der Waals surface area (Å²) in [7, 11) is 0. The van der Waals surface area contributed by atoms with Crippen molar-refractivity contribution in [3.8, 4) is 0 Å². The number of unbranched alkanes of at least 4 members (excludes halogenated alkanes) is 2. The highest BCUT2D eigenvalue weighted by atomic mass is 79.9. The Kier molecular flexibility index (Phi) is 6.73. The van der Waals surface area contributed by atoms with Gasteiger partial charge in [0.25, 0.3) is 5.91 Å². The minimum Gasteiger partial charge on any atom is -0.370 e. The van der Waals surface area contributed by atoms with Gasteiger partial charge in [0.1, 0.15) is 17.3 Å². The van der Waals surface area contributed by atoms with Crippen LogP contribution >= 0.6 is 15.9 Å². The Labute approximate surface area is 151 Å². The van der Waals surface area contributed by atoms with E-state index in [1.54, 1.807) is 13.0 Å². The van der Waals surface area contributed by atoms with Gasteiger partial charge in [0.15, 0.2) is 0 Å². The summed E-state index contributed by atoms with van der Waals surface area (Å²) in [6.45, 7) is 6.80. The zero-order valence-corrected chi connectivity index (χ0v) is 15.9. The summed E-state index contributed by atoms with van der Waals surface area (Å²) < 4.78 is 0.847. The lowest BCUT2D eigenvalue weighted by Crippen LogP contribution is -2.16. The van der Waals surface area contributed by atoms with Crippen LogP contribution in [0.3, 0.4) is 0 Å². The first-order chi connectivity index (χ1) is 11.5. The minimum absolute atomic E-state index is 0.248. The number of amides is 1. The van der Waals surface area contributed by atoms with E-state index in [4.69, 9.17) is 0 Å². The summed E-state index contributed by atoms with van der Waals surface area (Å²) in [6, 6.07) is 7.47. The van der Waals surface area contributed by atoms with Crippen molar-refractivity contribution in [2.45, 2.75) is 40.0 Å². The van der Waals surface area contributed by atoms with Crippen LogP contribution in [0.25, 0.3) is 0 Å². The molecular weight excluding hydrogens is 368 g/mol. The Morgan fingerprint density at radius 1 is 1.17 bits per heavy atom. The van der Waals surface area contributed by atoms with Crippen LogP contribution in [0.2, 0.25) is 0 Å². The molecule has 0 bridgehead atoms. The zero-order valence-electron chi connectivity index (χ0n) is 14.3. The van der Waals surface area contributed by atoms with Crippen LogP contribution in [0, 0.1) is 13.8 Å². The van der Waals surface area contributed by atoms with Crippen molar-refractivity contribution in [3.63, 3.8) is 0 Å². The topological polar surface area (TPSA) is 66.9 Å². The number of anilines is 2. The SMILES string of the molecule is CCCCCNc1cc(C(=O)Nc2ccc(C)cc2Br)nc(C)n1. The molecule has 0 aliphatic heterocycles. The number of rotatable bonds is 7. The Hall–Kier alpha value is -1.95. The third-order valence-corrected chi connectivity index (χ3v) is 4.19. The molecule has 2 aromatic rings. The maximum Gasteiger partial charge on any atom is 0.274 e. The number of halogens is 1. The highest BCUT2D eigenvalue weighted by molar-refractivity contribution is 9.10. The lowest BCUT2D eigenvalue weighted by atomic mass is 10.2. The van der Waals surface area contributed by atoms with Crippen molar-refractivity contribution in [3.05, 3.63) is 45.8 Å². The van der Waals surface area contributed by atoms with E-state index in [-0.39, 0.29) is 5.91 Å². The van der Waals surface area contributed by atoms with E-state index in [1.165, 1.54) is 12.8 Å². The number of benzene rings is 1. The molecule has 0 unspecified atom stereocenters. The molecule has 1 aromatic carbocycles. The van der Waals surface area contributed by atoms with Gasteiger partial charge in [-0.1, -0.05) is 25.8 Å². The molecule has 2 N–H and O–H groups in total. The van der Waals surface area contributed by atoms with E-state index in [0.717, 1.165) is 28.7 Å². The second-order valence-corrected chi connectivity index (χ2v) is 6.61. The first-order valence-corrected chi connectivity index (χ1v) is 8.96. The lowest BCUT2D eigenvalue weighted by molar-refractivity contribution is 0.102. The Morgan fingerprint density at radius 2 is 1.96 bits per heavy atom. The first-order valence-electron chi connectivity index (χ1n) is 8.16. The number of aryl methyl sites for hydroxylation is 2. The molecule has 2 rings (SSSR count). The molecule has 0 radical (unpaired) electrons. The number of aromatic nitrogens is 2. The maximum atomic E-state index is 12.5. The Morgan fingerprint density at radius 3 is 2.67 bits per heavy atom. The average Bonchev–Trinajstić information content (AvgIpc) is 2.53. The Balaban J connectivity index is 2.09. The van der Waals surface area contributed by atoms with Gasteiger partial charge in [0.2, 0.25) is 0 Å². The van der Waals surface area contributed by atoms with Gasteiger partial charge >= 0.3 is 0 Å². The van der Waals surface area contributed by atoms with Crippen molar-refractivity contribution in [2.24, 2.45) is 0 Å². The zero-order chi connectivity index (χ0) is 17.5.